The zero-order valence-electron chi connectivity index (χ0n) is 16.2. The van der Waals surface area contributed by atoms with Crippen LogP contribution in [0, 0.1) is 9.87 Å². The molecule has 1 amide bonds. The van der Waals surface area contributed by atoms with Crippen LogP contribution in [0.15, 0.2) is 48.5 Å². The van der Waals surface area contributed by atoms with Crippen molar-refractivity contribution in [3.8, 4) is 10.4 Å². The number of fused-ring (bicyclic) bond motifs is 3. The van der Waals surface area contributed by atoms with Crippen LogP contribution in [0.5, 0.6) is 0 Å². The van der Waals surface area contributed by atoms with E-state index < -0.39 is 0 Å². The fraction of sp³-hybridized carbons (Fsp3) is 0.304. The largest absolute Gasteiger partial charge is 0.305 e. The average Bonchev–Trinajstić information content (AvgIpc) is 3.11. The Morgan fingerprint density at radius 1 is 1.03 bits per heavy atom. The number of halogens is 2. The number of benzene rings is 2. The van der Waals surface area contributed by atoms with E-state index in [1.54, 1.807) is 17.4 Å². The lowest BCUT2D eigenvalue weighted by Gasteiger charge is -2.42. The molecule has 7 heteroatoms. The van der Waals surface area contributed by atoms with Crippen molar-refractivity contribution in [1.82, 2.24) is 4.57 Å². The molecule has 3 aromatic rings. The number of anilines is 1. The molecule has 1 fully saturated rings. The van der Waals surface area contributed by atoms with Crippen molar-refractivity contribution in [2.24, 2.45) is 5.92 Å². The van der Waals surface area contributed by atoms with Crippen molar-refractivity contribution < 1.29 is 4.79 Å². The van der Waals surface area contributed by atoms with E-state index in [-0.39, 0.29) is 17.9 Å². The van der Waals surface area contributed by atoms with Gasteiger partial charge in [0.25, 0.3) is 0 Å². The van der Waals surface area contributed by atoms with Gasteiger partial charge in [0.05, 0.1) is 27.4 Å². The second-order valence-corrected chi connectivity index (χ2v) is 10.3. The topological polar surface area (TPSA) is 25.2 Å². The third kappa shape index (κ3) is 3.42. The summed E-state index contributed by atoms with van der Waals surface area (Å²) < 4.78 is 3.06. The minimum absolute atomic E-state index is 0.00193. The predicted molar refractivity (Wildman–Crippen MR) is 127 cm³/mol. The number of aromatic nitrogens is 1. The maximum atomic E-state index is 13.7. The normalized spacial score (nSPS) is 20.7. The van der Waals surface area contributed by atoms with Gasteiger partial charge < -0.3 is 4.57 Å². The molecule has 3 nitrogen and oxygen atoms in total. The molecule has 0 saturated heterocycles. The van der Waals surface area contributed by atoms with E-state index in [2.05, 4.69) is 16.7 Å². The zero-order chi connectivity index (χ0) is 20.8. The molecule has 1 saturated carbocycles. The van der Waals surface area contributed by atoms with Crippen molar-refractivity contribution in [2.75, 3.05) is 4.90 Å². The quantitative estimate of drug-likeness (QED) is 0.366. The lowest BCUT2D eigenvalue weighted by molar-refractivity contribution is -0.126. The van der Waals surface area contributed by atoms with Crippen LogP contribution in [0.25, 0.3) is 10.4 Å². The van der Waals surface area contributed by atoms with E-state index in [0.717, 1.165) is 51.5 Å². The highest BCUT2D eigenvalue weighted by atomic mass is 35.5. The molecule has 2 unspecified atom stereocenters. The van der Waals surface area contributed by atoms with Crippen LogP contribution in [0.2, 0.25) is 10.0 Å². The van der Waals surface area contributed by atoms with Crippen molar-refractivity contribution in [3.05, 3.63) is 68.1 Å². The van der Waals surface area contributed by atoms with Gasteiger partial charge in [-0.2, -0.15) is 0 Å². The molecule has 2 aliphatic rings. The Bertz CT molecular complexity index is 1170. The van der Waals surface area contributed by atoms with Crippen LogP contribution in [0.3, 0.4) is 0 Å². The fourth-order valence-electron chi connectivity index (χ4n) is 4.68. The first kappa shape index (κ1) is 20.3. The fourth-order valence-corrected chi connectivity index (χ4v) is 6.49. The van der Waals surface area contributed by atoms with Gasteiger partial charge in [-0.25, -0.2) is 0 Å². The maximum Gasteiger partial charge on any atom is 0.233 e. The van der Waals surface area contributed by atoms with Gasteiger partial charge in [0.2, 0.25) is 5.91 Å². The summed E-state index contributed by atoms with van der Waals surface area (Å²) in [4.78, 5) is 16.6. The first-order valence-corrected chi connectivity index (χ1v) is 12.1. The van der Waals surface area contributed by atoms with Crippen LogP contribution >= 0.6 is 46.8 Å². The molecule has 154 valence electrons. The highest BCUT2D eigenvalue weighted by Crippen LogP contribution is 2.49. The van der Waals surface area contributed by atoms with Crippen LogP contribution in [-0.4, -0.2) is 10.5 Å². The number of carbonyl (C=O) groups excluding carboxylic acids is 1. The van der Waals surface area contributed by atoms with Gasteiger partial charge in [-0.3, -0.25) is 9.69 Å². The number of hydrogen-bond acceptors (Lipinski definition) is 3. The molecule has 1 aliphatic carbocycles. The summed E-state index contributed by atoms with van der Waals surface area (Å²) in [5.41, 5.74) is 2.04. The van der Waals surface area contributed by atoms with Crippen molar-refractivity contribution in [2.45, 2.75) is 38.3 Å². The Labute approximate surface area is 194 Å². The average molecular weight is 475 g/mol. The number of carbonyl (C=O) groups is 1. The molecule has 2 atom stereocenters. The van der Waals surface area contributed by atoms with Crippen molar-refractivity contribution >= 4 is 58.5 Å². The molecule has 30 heavy (non-hydrogen) atoms. The zero-order valence-corrected chi connectivity index (χ0v) is 19.3. The Morgan fingerprint density at radius 3 is 2.57 bits per heavy atom. The third-order valence-corrected chi connectivity index (χ3v) is 8.26. The molecule has 1 aromatic heterocycles. The smallest absolute Gasteiger partial charge is 0.233 e. The first-order valence-electron chi connectivity index (χ1n) is 10.1. The number of rotatable bonds is 3. The molecule has 2 aromatic carbocycles. The van der Waals surface area contributed by atoms with Gasteiger partial charge in [0.15, 0.2) is 3.95 Å². The van der Waals surface area contributed by atoms with Gasteiger partial charge in [-0.1, -0.05) is 72.4 Å². The van der Waals surface area contributed by atoms with E-state index in [4.69, 9.17) is 35.4 Å². The summed E-state index contributed by atoms with van der Waals surface area (Å²) in [6.07, 6.45) is 4.15. The standard InChI is InChI=1S/C23H20Cl2N2OS2/c24-17-11-10-15(12-18(17)25)20-21-26(13-14-6-2-1-3-7-14)22(28)16-8-4-5-9-19(16)27(21)23(29)30-20/h1-3,6-7,10-12,16,19H,4-5,8-9,13H2. The Balaban J connectivity index is 1.70. The summed E-state index contributed by atoms with van der Waals surface area (Å²) in [6, 6.07) is 15.9. The molecular weight excluding hydrogens is 455 g/mol. The van der Waals surface area contributed by atoms with Crippen LogP contribution in [0.4, 0.5) is 5.82 Å². The molecule has 0 spiro atoms. The monoisotopic (exact) mass is 474 g/mol. The number of thiazole rings is 1. The van der Waals surface area contributed by atoms with Crippen LogP contribution < -0.4 is 4.90 Å². The highest BCUT2D eigenvalue weighted by Gasteiger charge is 2.43. The summed E-state index contributed by atoms with van der Waals surface area (Å²) in [5, 5.41) is 1.01. The number of amides is 1. The summed E-state index contributed by atoms with van der Waals surface area (Å²) in [6.45, 7) is 0.530. The van der Waals surface area contributed by atoms with E-state index in [1.807, 2.05) is 35.2 Å². The van der Waals surface area contributed by atoms with Gasteiger partial charge in [-0.15, -0.1) is 11.3 Å². The summed E-state index contributed by atoms with van der Waals surface area (Å²) in [5.74, 6) is 1.11. The number of nitrogens with zero attached hydrogens (tertiary/aromatic N) is 2. The summed E-state index contributed by atoms with van der Waals surface area (Å²) >= 11 is 19.8. The second kappa shape index (κ2) is 8.12. The van der Waals surface area contributed by atoms with Crippen molar-refractivity contribution in [3.63, 3.8) is 0 Å². The minimum atomic E-state index is -0.00193. The van der Waals surface area contributed by atoms with Crippen LogP contribution in [0.1, 0.15) is 37.3 Å². The molecular formula is C23H20Cl2N2OS2. The van der Waals surface area contributed by atoms with Gasteiger partial charge in [-0.05, 0) is 48.3 Å². The molecule has 0 radical (unpaired) electrons. The van der Waals surface area contributed by atoms with E-state index in [9.17, 15) is 4.79 Å². The van der Waals surface area contributed by atoms with E-state index in [1.165, 1.54) is 0 Å². The first-order chi connectivity index (χ1) is 14.5. The minimum Gasteiger partial charge on any atom is -0.305 e. The van der Waals surface area contributed by atoms with Crippen molar-refractivity contribution in [1.29, 1.82) is 0 Å². The Morgan fingerprint density at radius 2 is 1.80 bits per heavy atom. The molecule has 5 rings (SSSR count). The second-order valence-electron chi connectivity index (χ2n) is 7.89. The molecule has 0 bridgehead atoms. The SMILES string of the molecule is O=C1C2CCCCC2n2c(c(-c3ccc(Cl)c(Cl)c3)sc2=S)N1Cc1ccccc1. The Kier molecular flexibility index (Phi) is 5.48. The van der Waals surface area contributed by atoms with E-state index in [0.29, 0.717) is 16.6 Å². The lowest BCUT2D eigenvalue weighted by Crippen LogP contribution is -2.46. The summed E-state index contributed by atoms with van der Waals surface area (Å²) in [7, 11) is 0. The van der Waals surface area contributed by atoms with Gasteiger partial charge >= 0.3 is 0 Å². The maximum absolute atomic E-state index is 13.7. The van der Waals surface area contributed by atoms with Crippen LogP contribution in [-0.2, 0) is 11.3 Å². The molecule has 1 aliphatic heterocycles. The lowest BCUT2D eigenvalue weighted by atomic mass is 9.82. The van der Waals surface area contributed by atoms with E-state index >= 15 is 0 Å². The number of hydrogen-bond donors (Lipinski definition) is 0. The predicted octanol–water partition coefficient (Wildman–Crippen LogP) is 7.53. The third-order valence-electron chi connectivity index (χ3n) is 6.08. The molecule has 0 N–H and O–H groups in total. The highest BCUT2D eigenvalue weighted by molar-refractivity contribution is 7.73. The van der Waals surface area contributed by atoms with Gasteiger partial charge in [0.1, 0.15) is 5.82 Å². The molecule has 2 heterocycles. The Hall–Kier alpha value is -1.66. The van der Waals surface area contributed by atoms with Gasteiger partial charge in [0, 0.05) is 6.04 Å².